The van der Waals surface area contributed by atoms with Crippen LogP contribution in [0.5, 0.6) is 0 Å². The smallest absolute Gasteiger partial charge is 0.335 e. The van der Waals surface area contributed by atoms with Gasteiger partial charge in [-0.15, -0.1) is 0 Å². The van der Waals surface area contributed by atoms with Gasteiger partial charge in [0.05, 0.1) is 11.3 Å². The predicted octanol–water partition coefficient (Wildman–Crippen LogP) is 0.422. The fourth-order valence-electron chi connectivity index (χ4n) is 2.25. The predicted molar refractivity (Wildman–Crippen MR) is 87.7 cm³/mol. The Morgan fingerprint density at radius 1 is 0.833 bits per heavy atom. The van der Waals surface area contributed by atoms with Crippen molar-refractivity contribution in [2.45, 2.75) is 0 Å². The average Bonchev–Trinajstić information content (AvgIpc) is 2.60. The molecule has 0 aliphatic carbocycles. The summed E-state index contributed by atoms with van der Waals surface area (Å²) >= 11 is 0. The highest BCUT2D eigenvalue weighted by Gasteiger charge is 2.10. The highest BCUT2D eigenvalue weighted by Crippen LogP contribution is 2.09. The number of carboxylic acid groups (broad SMARTS) is 1. The van der Waals surface area contributed by atoms with E-state index in [1.165, 1.54) is 36.4 Å². The van der Waals surface area contributed by atoms with E-state index in [0.717, 1.165) is 0 Å². The molecule has 2 N–H and O–H groups in total. The Morgan fingerprint density at radius 2 is 1.42 bits per heavy atom. The van der Waals surface area contributed by atoms with Crippen molar-refractivity contribution in [3.8, 4) is 0 Å². The molecule has 118 valence electrons. The Morgan fingerprint density at radius 3 is 2.00 bits per heavy atom. The largest absolute Gasteiger partial charge is 0.478 e. The third kappa shape index (κ3) is 2.58. The van der Waals surface area contributed by atoms with Crippen molar-refractivity contribution in [2.24, 2.45) is 5.10 Å². The molecule has 0 aliphatic heterocycles. The van der Waals surface area contributed by atoms with E-state index in [4.69, 9.17) is 5.11 Å². The number of hydrogen-bond acceptors (Lipinski definition) is 6. The molecule has 0 heterocycles. The molecule has 24 heavy (non-hydrogen) atoms. The molecule has 3 rings (SSSR count). The summed E-state index contributed by atoms with van der Waals surface area (Å²) in [4.78, 5) is 47.2. The number of carboxylic acids is 1. The summed E-state index contributed by atoms with van der Waals surface area (Å²) in [6.45, 7) is 0. The average molecular weight is 322 g/mol. The van der Waals surface area contributed by atoms with Gasteiger partial charge in [-0.1, -0.05) is 24.3 Å². The van der Waals surface area contributed by atoms with Gasteiger partial charge in [0.2, 0.25) is 10.9 Å². The van der Waals surface area contributed by atoms with Crippen LogP contribution in [-0.2, 0) is 0 Å². The minimum atomic E-state index is -1.08. The molecule has 0 atom stereocenters. The number of benzene rings is 3. The summed E-state index contributed by atoms with van der Waals surface area (Å²) in [5, 5.41) is 12.3. The van der Waals surface area contributed by atoms with Crippen molar-refractivity contribution < 1.29 is 9.90 Å². The Kier molecular flexibility index (Phi) is 3.75. The second kappa shape index (κ2) is 5.88. The second-order valence-electron chi connectivity index (χ2n) is 4.99. The fraction of sp³-hybridized carbons (Fsp3) is 0. The van der Waals surface area contributed by atoms with Crippen molar-refractivity contribution in [3.05, 3.63) is 90.1 Å². The summed E-state index contributed by atoms with van der Waals surface area (Å²) in [6, 6.07) is 11.6. The molecule has 3 aromatic carbocycles. The SMILES string of the molecule is O=C(O)c1ccc(N/N=c2/c(=O)c(=O)c3ccccc3c2=O)cc1. The number of nitrogens with one attached hydrogen (secondary N) is 1. The van der Waals surface area contributed by atoms with Crippen molar-refractivity contribution >= 4 is 22.4 Å². The van der Waals surface area contributed by atoms with E-state index in [1.54, 1.807) is 12.1 Å². The van der Waals surface area contributed by atoms with Crippen LogP contribution in [0.4, 0.5) is 5.69 Å². The molecular weight excluding hydrogens is 312 g/mol. The standard InChI is InChI=1S/C17H10N2O5/c20-14-11-3-1-2-4-12(11)15(21)16(22)13(14)19-18-10-7-5-9(6-8-10)17(23)24/h1-8,18H,(H,23,24)/b19-13+. The van der Waals surface area contributed by atoms with Gasteiger partial charge in [0.15, 0.2) is 5.36 Å². The maximum Gasteiger partial charge on any atom is 0.335 e. The highest BCUT2D eigenvalue weighted by atomic mass is 16.4. The summed E-state index contributed by atoms with van der Waals surface area (Å²) in [5.41, 5.74) is 0.556. The highest BCUT2D eigenvalue weighted by molar-refractivity contribution is 5.88. The first-order valence-electron chi connectivity index (χ1n) is 6.89. The van der Waals surface area contributed by atoms with Crippen LogP contribution in [0.3, 0.4) is 0 Å². The van der Waals surface area contributed by atoms with E-state index in [1.807, 2.05) is 0 Å². The fourth-order valence-corrected chi connectivity index (χ4v) is 2.25. The van der Waals surface area contributed by atoms with E-state index in [-0.39, 0.29) is 16.3 Å². The molecule has 0 saturated carbocycles. The van der Waals surface area contributed by atoms with Crippen LogP contribution >= 0.6 is 0 Å². The molecule has 0 aliphatic rings. The molecule has 3 aromatic rings. The number of hydrogen-bond donors (Lipinski definition) is 2. The molecule has 0 saturated heterocycles. The maximum absolute atomic E-state index is 12.3. The second-order valence-corrected chi connectivity index (χ2v) is 4.99. The van der Waals surface area contributed by atoms with Crippen molar-refractivity contribution in [1.82, 2.24) is 0 Å². The number of nitrogens with zero attached hydrogens (tertiary/aromatic N) is 1. The zero-order chi connectivity index (χ0) is 17.3. The van der Waals surface area contributed by atoms with E-state index in [9.17, 15) is 19.2 Å². The first kappa shape index (κ1) is 15.3. The summed E-state index contributed by atoms with van der Waals surface area (Å²) in [5.74, 6) is -1.08. The number of fused-ring (bicyclic) bond motifs is 1. The lowest BCUT2D eigenvalue weighted by Crippen LogP contribution is -2.48. The van der Waals surface area contributed by atoms with Gasteiger partial charge < -0.3 is 5.11 Å². The van der Waals surface area contributed by atoms with Gasteiger partial charge in [-0.2, -0.15) is 5.10 Å². The third-order valence-electron chi connectivity index (χ3n) is 3.48. The van der Waals surface area contributed by atoms with Crippen LogP contribution in [0.25, 0.3) is 10.8 Å². The summed E-state index contributed by atoms with van der Waals surface area (Å²) in [7, 11) is 0. The van der Waals surface area contributed by atoms with Crippen LogP contribution in [0.1, 0.15) is 10.4 Å². The van der Waals surface area contributed by atoms with Crippen molar-refractivity contribution in [1.29, 1.82) is 0 Å². The first-order valence-corrected chi connectivity index (χ1v) is 6.89. The van der Waals surface area contributed by atoms with E-state index in [0.29, 0.717) is 5.69 Å². The van der Waals surface area contributed by atoms with Crippen molar-refractivity contribution in [2.75, 3.05) is 5.43 Å². The molecule has 0 spiro atoms. The number of carbonyl (C=O) groups is 1. The summed E-state index contributed by atoms with van der Waals surface area (Å²) < 4.78 is 0. The Labute approximate surface area is 133 Å². The van der Waals surface area contributed by atoms with E-state index in [2.05, 4.69) is 10.5 Å². The van der Waals surface area contributed by atoms with Crippen molar-refractivity contribution in [3.63, 3.8) is 0 Å². The Balaban J connectivity index is 2.11. The molecular formula is C17H10N2O5. The van der Waals surface area contributed by atoms with Crippen LogP contribution in [0.2, 0.25) is 0 Å². The number of anilines is 1. The topological polar surface area (TPSA) is 113 Å². The quantitative estimate of drug-likeness (QED) is 0.534. The lowest BCUT2D eigenvalue weighted by atomic mass is 10.1. The van der Waals surface area contributed by atoms with Gasteiger partial charge in [0.25, 0.3) is 5.43 Å². The van der Waals surface area contributed by atoms with E-state index >= 15 is 0 Å². The Bertz CT molecular complexity index is 1160. The molecule has 0 bridgehead atoms. The maximum atomic E-state index is 12.3. The zero-order valence-corrected chi connectivity index (χ0v) is 12.1. The molecule has 7 heteroatoms. The zero-order valence-electron chi connectivity index (χ0n) is 12.1. The van der Waals surface area contributed by atoms with Crippen LogP contribution in [-0.4, -0.2) is 11.1 Å². The van der Waals surface area contributed by atoms with Gasteiger partial charge in [-0.25, -0.2) is 4.79 Å². The summed E-state index contributed by atoms with van der Waals surface area (Å²) in [6.07, 6.45) is 0. The minimum absolute atomic E-state index is 0.0669. The van der Waals surface area contributed by atoms with Crippen LogP contribution in [0.15, 0.2) is 68.0 Å². The monoisotopic (exact) mass is 322 g/mol. The first-order chi connectivity index (χ1) is 11.5. The molecule has 0 unspecified atom stereocenters. The Hall–Kier alpha value is -3.61. The lowest BCUT2D eigenvalue weighted by Gasteiger charge is -2.00. The van der Waals surface area contributed by atoms with Gasteiger partial charge in [-0.3, -0.25) is 19.8 Å². The van der Waals surface area contributed by atoms with Crippen LogP contribution < -0.4 is 27.1 Å². The van der Waals surface area contributed by atoms with Gasteiger partial charge in [0.1, 0.15) is 0 Å². The van der Waals surface area contributed by atoms with E-state index < -0.39 is 27.6 Å². The van der Waals surface area contributed by atoms with Gasteiger partial charge in [-0.05, 0) is 24.3 Å². The number of rotatable bonds is 3. The minimum Gasteiger partial charge on any atom is -0.478 e. The number of aromatic carboxylic acids is 1. The van der Waals surface area contributed by atoms with Gasteiger partial charge in [0, 0.05) is 10.8 Å². The molecule has 0 aromatic heterocycles. The molecule has 7 nitrogen and oxygen atoms in total. The third-order valence-corrected chi connectivity index (χ3v) is 3.48. The van der Waals surface area contributed by atoms with Crippen LogP contribution in [0, 0.1) is 0 Å². The molecule has 0 fully saturated rings. The molecule has 0 amide bonds. The molecule has 0 radical (unpaired) electrons. The normalized spacial score (nSPS) is 11.6. The lowest BCUT2D eigenvalue weighted by molar-refractivity contribution is 0.0697. The van der Waals surface area contributed by atoms with Gasteiger partial charge >= 0.3 is 5.97 Å².